The summed E-state index contributed by atoms with van der Waals surface area (Å²) in [4.78, 5) is 12.3. The SMILES string of the molecule is COCCC1CC(C(N)=O)(S(=O)(=O)c2ccc(Oc3ccc(OC(F)(F)F)cc3)cc2)CCN1.Cl. The van der Waals surface area contributed by atoms with E-state index in [2.05, 4.69) is 10.1 Å². The number of hydrogen-bond donors (Lipinski definition) is 2. The molecule has 1 aliphatic rings. The molecule has 0 bridgehead atoms. The van der Waals surface area contributed by atoms with Crippen LogP contribution < -0.4 is 20.5 Å². The van der Waals surface area contributed by atoms with Crippen molar-refractivity contribution in [3.05, 3.63) is 48.5 Å². The zero-order valence-electron chi connectivity index (χ0n) is 18.7. The number of benzene rings is 2. The highest BCUT2D eigenvalue weighted by Crippen LogP contribution is 2.37. The molecule has 13 heteroatoms. The fourth-order valence-electron chi connectivity index (χ4n) is 3.87. The van der Waals surface area contributed by atoms with Crippen molar-refractivity contribution in [3.8, 4) is 17.2 Å². The maximum Gasteiger partial charge on any atom is 0.573 e. The molecular weight excluding hydrogens is 513 g/mol. The van der Waals surface area contributed by atoms with Crippen molar-refractivity contribution in [2.75, 3.05) is 20.3 Å². The molecule has 2 aromatic rings. The molecule has 194 valence electrons. The summed E-state index contributed by atoms with van der Waals surface area (Å²) in [5.41, 5.74) is 5.62. The lowest BCUT2D eigenvalue weighted by Crippen LogP contribution is -2.59. The van der Waals surface area contributed by atoms with Gasteiger partial charge in [0.15, 0.2) is 14.6 Å². The van der Waals surface area contributed by atoms with Gasteiger partial charge >= 0.3 is 6.36 Å². The molecular formula is C22H26ClF3N2O6S. The van der Waals surface area contributed by atoms with E-state index in [1.165, 1.54) is 43.5 Å². The Morgan fingerprint density at radius 2 is 1.63 bits per heavy atom. The molecule has 8 nitrogen and oxygen atoms in total. The van der Waals surface area contributed by atoms with E-state index in [1.54, 1.807) is 0 Å². The second-order valence-electron chi connectivity index (χ2n) is 7.84. The van der Waals surface area contributed by atoms with Crippen molar-refractivity contribution in [1.82, 2.24) is 5.32 Å². The highest BCUT2D eigenvalue weighted by Gasteiger charge is 2.52. The molecule has 1 amide bonds. The third-order valence-corrected chi connectivity index (χ3v) is 8.09. The van der Waals surface area contributed by atoms with Gasteiger partial charge in [0.2, 0.25) is 5.91 Å². The Kier molecular flexibility index (Phi) is 9.40. The van der Waals surface area contributed by atoms with Crippen LogP contribution in [0.25, 0.3) is 0 Å². The average molecular weight is 539 g/mol. The van der Waals surface area contributed by atoms with Gasteiger partial charge in [0.25, 0.3) is 0 Å². The molecule has 3 N–H and O–H groups in total. The van der Waals surface area contributed by atoms with Crippen LogP contribution in [0.4, 0.5) is 13.2 Å². The number of ether oxygens (including phenoxy) is 3. The first-order chi connectivity index (χ1) is 16.0. The summed E-state index contributed by atoms with van der Waals surface area (Å²) < 4.78 is 76.4. The van der Waals surface area contributed by atoms with Gasteiger partial charge in [-0.2, -0.15) is 0 Å². The molecule has 1 fully saturated rings. The van der Waals surface area contributed by atoms with Gasteiger partial charge in [-0.1, -0.05) is 0 Å². The van der Waals surface area contributed by atoms with Crippen molar-refractivity contribution in [1.29, 1.82) is 0 Å². The number of piperidine rings is 1. The number of nitrogens with one attached hydrogen (secondary N) is 1. The van der Waals surface area contributed by atoms with E-state index in [0.717, 1.165) is 12.1 Å². The number of alkyl halides is 3. The lowest BCUT2D eigenvalue weighted by Gasteiger charge is -2.38. The van der Waals surface area contributed by atoms with Crippen LogP contribution in [-0.4, -0.2) is 51.7 Å². The number of halogens is 4. The molecule has 1 heterocycles. The number of methoxy groups -OCH3 is 1. The number of carbonyl (C=O) groups is 1. The zero-order valence-corrected chi connectivity index (χ0v) is 20.3. The predicted molar refractivity (Wildman–Crippen MR) is 124 cm³/mol. The van der Waals surface area contributed by atoms with Crippen LogP contribution in [0, 0.1) is 0 Å². The topological polar surface area (TPSA) is 117 Å². The molecule has 2 atom stereocenters. The molecule has 1 saturated heterocycles. The number of sulfone groups is 1. The van der Waals surface area contributed by atoms with Gasteiger partial charge in [0.1, 0.15) is 17.2 Å². The first-order valence-corrected chi connectivity index (χ1v) is 11.9. The molecule has 35 heavy (non-hydrogen) atoms. The fourth-order valence-corrected chi connectivity index (χ4v) is 5.87. The molecule has 1 aliphatic heterocycles. The van der Waals surface area contributed by atoms with Gasteiger partial charge in [0.05, 0.1) is 4.90 Å². The van der Waals surface area contributed by atoms with Crippen LogP contribution in [0.5, 0.6) is 17.2 Å². The van der Waals surface area contributed by atoms with Gasteiger partial charge < -0.3 is 25.3 Å². The van der Waals surface area contributed by atoms with Crippen LogP contribution in [0.2, 0.25) is 0 Å². The van der Waals surface area contributed by atoms with Crippen molar-refractivity contribution >= 4 is 28.2 Å². The second-order valence-corrected chi connectivity index (χ2v) is 10.1. The molecule has 0 radical (unpaired) electrons. The van der Waals surface area contributed by atoms with Gasteiger partial charge in [-0.05, 0) is 74.3 Å². The number of primary amides is 1. The minimum atomic E-state index is -4.80. The Balaban J connectivity index is 0.00000432. The quantitative estimate of drug-likeness (QED) is 0.501. The van der Waals surface area contributed by atoms with E-state index in [1.807, 2.05) is 0 Å². The first kappa shape index (κ1) is 28.7. The van der Waals surface area contributed by atoms with E-state index < -0.39 is 32.6 Å². The molecule has 2 aromatic carbocycles. The molecule has 0 saturated carbocycles. The van der Waals surface area contributed by atoms with Crippen LogP contribution in [0.15, 0.2) is 53.4 Å². The Hall–Kier alpha value is -2.54. The van der Waals surface area contributed by atoms with E-state index in [4.69, 9.17) is 15.2 Å². The third-order valence-electron chi connectivity index (χ3n) is 5.60. The minimum Gasteiger partial charge on any atom is -0.457 e. The van der Waals surface area contributed by atoms with Gasteiger partial charge in [-0.3, -0.25) is 4.79 Å². The lowest BCUT2D eigenvalue weighted by molar-refractivity contribution is -0.274. The molecule has 3 rings (SSSR count). The number of nitrogens with two attached hydrogens (primary N) is 1. The predicted octanol–water partition coefficient (Wildman–Crippen LogP) is 3.59. The largest absolute Gasteiger partial charge is 0.573 e. The van der Waals surface area contributed by atoms with Crippen molar-refractivity contribution in [2.24, 2.45) is 5.73 Å². The number of carbonyl (C=O) groups excluding carboxylic acids is 1. The summed E-state index contributed by atoms with van der Waals surface area (Å²) in [6.45, 7) is 0.716. The smallest absolute Gasteiger partial charge is 0.457 e. The van der Waals surface area contributed by atoms with Crippen molar-refractivity contribution < 1.29 is 40.6 Å². The lowest BCUT2D eigenvalue weighted by atomic mass is 9.89. The van der Waals surface area contributed by atoms with Crippen molar-refractivity contribution in [3.63, 3.8) is 0 Å². The van der Waals surface area contributed by atoms with Crippen molar-refractivity contribution in [2.45, 2.75) is 41.3 Å². The van der Waals surface area contributed by atoms with Crippen LogP contribution in [0.3, 0.4) is 0 Å². The molecule has 2 unspecified atom stereocenters. The van der Waals surface area contributed by atoms with Crippen LogP contribution in [-0.2, 0) is 19.4 Å². The zero-order chi connectivity index (χ0) is 25.0. The van der Waals surface area contributed by atoms with Crippen LogP contribution >= 0.6 is 12.4 Å². The van der Waals surface area contributed by atoms with Gasteiger partial charge in [0, 0.05) is 19.8 Å². The highest BCUT2D eigenvalue weighted by molar-refractivity contribution is 7.93. The maximum absolute atomic E-state index is 13.5. The summed E-state index contributed by atoms with van der Waals surface area (Å²) in [7, 11) is -2.59. The minimum absolute atomic E-state index is 0. The summed E-state index contributed by atoms with van der Waals surface area (Å²) in [5, 5.41) is 3.20. The summed E-state index contributed by atoms with van der Waals surface area (Å²) in [5.74, 6) is -0.834. The third kappa shape index (κ3) is 6.78. The average Bonchev–Trinajstić information content (AvgIpc) is 2.78. The first-order valence-electron chi connectivity index (χ1n) is 10.4. The number of rotatable bonds is 9. The standard InChI is InChI=1S/C22H25F3N2O6S.ClH/c1-31-13-10-15-14-21(20(26)28,11-12-27-15)34(29,30)19-8-6-17(7-9-19)32-16-2-4-18(5-3-16)33-22(23,24)25;/h2-9,15,27H,10-14H2,1H3,(H2,26,28);1H. The van der Waals surface area contributed by atoms with Crippen LogP contribution in [0.1, 0.15) is 19.3 Å². The van der Waals surface area contributed by atoms with Gasteiger partial charge in [-0.15, -0.1) is 25.6 Å². The highest BCUT2D eigenvalue weighted by atomic mass is 35.5. The maximum atomic E-state index is 13.5. The summed E-state index contributed by atoms with van der Waals surface area (Å²) >= 11 is 0. The Bertz CT molecular complexity index is 1100. The molecule has 0 aromatic heterocycles. The number of amides is 1. The van der Waals surface area contributed by atoms with E-state index in [9.17, 15) is 26.4 Å². The molecule has 0 aliphatic carbocycles. The van der Waals surface area contributed by atoms with E-state index in [0.29, 0.717) is 19.6 Å². The van der Waals surface area contributed by atoms with Gasteiger partial charge in [-0.25, -0.2) is 8.42 Å². The number of hydrogen-bond acceptors (Lipinski definition) is 7. The van der Waals surface area contributed by atoms with E-state index >= 15 is 0 Å². The second kappa shape index (κ2) is 11.5. The molecule has 0 spiro atoms. The fraction of sp³-hybridized carbons (Fsp3) is 0.409. The van der Waals surface area contributed by atoms with E-state index in [-0.39, 0.29) is 47.7 Å². The summed E-state index contributed by atoms with van der Waals surface area (Å²) in [6.07, 6.45) is -4.21. The Labute approximate surface area is 207 Å². The monoisotopic (exact) mass is 538 g/mol. The Morgan fingerprint density at radius 3 is 2.14 bits per heavy atom. The normalized spacial score (nSPS) is 20.5. The summed E-state index contributed by atoms with van der Waals surface area (Å²) in [6, 6.07) is 9.90. The Morgan fingerprint density at radius 1 is 1.09 bits per heavy atom.